The molecule has 1 aromatic carbocycles. The molecule has 1 saturated heterocycles. The van der Waals surface area contributed by atoms with E-state index in [1.165, 1.54) is 12.1 Å². The van der Waals surface area contributed by atoms with Gasteiger partial charge in [-0.05, 0) is 24.6 Å². The van der Waals surface area contributed by atoms with Gasteiger partial charge in [-0.2, -0.15) is 0 Å². The summed E-state index contributed by atoms with van der Waals surface area (Å²) in [4.78, 5) is 38.1. The highest BCUT2D eigenvalue weighted by molar-refractivity contribution is 5.88. The van der Waals surface area contributed by atoms with Gasteiger partial charge in [-0.3, -0.25) is 14.5 Å². The van der Waals surface area contributed by atoms with E-state index in [2.05, 4.69) is 15.5 Å². The number of carbonyl (C=O) groups excluding carboxylic acids is 2. The van der Waals surface area contributed by atoms with Crippen LogP contribution in [0.1, 0.15) is 5.56 Å². The zero-order valence-corrected chi connectivity index (χ0v) is 17.4. The summed E-state index contributed by atoms with van der Waals surface area (Å²) in [5.74, 6) is -0.688. The molecule has 0 saturated carbocycles. The van der Waals surface area contributed by atoms with Crippen molar-refractivity contribution in [3.05, 3.63) is 40.2 Å². The molecule has 3 N–H and O–H groups in total. The second-order valence-electron chi connectivity index (χ2n) is 7.24. The fraction of sp³-hybridized carbons (Fsp3) is 0.476. The number of nitrogens with one attached hydrogen (secondary N) is 2. The maximum atomic E-state index is 12.2. The van der Waals surface area contributed by atoms with Crippen molar-refractivity contribution in [2.75, 3.05) is 52.6 Å². The van der Waals surface area contributed by atoms with E-state index < -0.39 is 30.1 Å². The van der Waals surface area contributed by atoms with Crippen molar-refractivity contribution >= 4 is 22.8 Å². The van der Waals surface area contributed by atoms with E-state index in [1.54, 1.807) is 19.1 Å². The maximum absolute atomic E-state index is 12.2. The van der Waals surface area contributed by atoms with Gasteiger partial charge in [-0.15, -0.1) is 0 Å². The maximum Gasteiger partial charge on any atom is 0.336 e. The Labute approximate surface area is 179 Å². The van der Waals surface area contributed by atoms with Crippen LogP contribution in [0.25, 0.3) is 11.0 Å². The van der Waals surface area contributed by atoms with Crippen molar-refractivity contribution in [2.45, 2.75) is 13.0 Å². The number of morpholine rings is 1. The Morgan fingerprint density at radius 3 is 2.77 bits per heavy atom. The van der Waals surface area contributed by atoms with Crippen molar-refractivity contribution < 1.29 is 28.6 Å². The van der Waals surface area contributed by atoms with E-state index in [1.807, 2.05) is 0 Å². The SMILES string of the molecule is Cc1cc(=O)oc2cc(OCC(=O)NC(CO)C(=O)NCCN3CCOCC3)ccc12. The quantitative estimate of drug-likeness (QED) is 0.447. The summed E-state index contributed by atoms with van der Waals surface area (Å²) in [5, 5.41) is 15.4. The number of rotatable bonds is 9. The highest BCUT2D eigenvalue weighted by atomic mass is 16.5. The van der Waals surface area contributed by atoms with E-state index in [4.69, 9.17) is 13.9 Å². The summed E-state index contributed by atoms with van der Waals surface area (Å²) in [6.45, 7) is 4.95. The van der Waals surface area contributed by atoms with E-state index in [0.717, 1.165) is 24.0 Å². The first-order chi connectivity index (χ1) is 15.0. The highest BCUT2D eigenvalue weighted by Crippen LogP contribution is 2.22. The van der Waals surface area contributed by atoms with Gasteiger partial charge in [-0.1, -0.05) is 0 Å². The second-order valence-corrected chi connectivity index (χ2v) is 7.24. The minimum absolute atomic E-state index is 0.340. The molecule has 2 aromatic rings. The number of nitrogens with zero attached hydrogens (tertiary/aromatic N) is 1. The predicted octanol–water partition coefficient (Wildman–Crippen LogP) is -0.594. The van der Waals surface area contributed by atoms with Crippen molar-refractivity contribution in [1.82, 2.24) is 15.5 Å². The van der Waals surface area contributed by atoms with Gasteiger partial charge in [0, 0.05) is 43.7 Å². The van der Waals surface area contributed by atoms with Crippen LogP contribution >= 0.6 is 0 Å². The van der Waals surface area contributed by atoms with E-state index in [-0.39, 0.29) is 6.61 Å². The molecule has 31 heavy (non-hydrogen) atoms. The normalized spacial score (nSPS) is 15.4. The number of aliphatic hydroxyl groups is 1. The topological polar surface area (TPSA) is 130 Å². The molecule has 0 bridgehead atoms. The Balaban J connectivity index is 1.46. The number of carbonyl (C=O) groups is 2. The first kappa shape index (κ1) is 22.7. The minimum atomic E-state index is -1.07. The third-order valence-corrected chi connectivity index (χ3v) is 4.96. The molecular formula is C21H27N3O7. The number of aryl methyl sites for hydroxylation is 1. The molecule has 1 unspecified atom stereocenters. The molecule has 0 radical (unpaired) electrons. The number of hydrogen-bond donors (Lipinski definition) is 3. The largest absolute Gasteiger partial charge is 0.484 e. The number of ether oxygens (including phenoxy) is 2. The molecule has 168 valence electrons. The van der Waals surface area contributed by atoms with E-state index in [9.17, 15) is 19.5 Å². The zero-order chi connectivity index (χ0) is 22.2. The van der Waals surface area contributed by atoms with Crippen molar-refractivity contribution in [3.63, 3.8) is 0 Å². The second kappa shape index (κ2) is 10.9. The molecule has 3 rings (SSSR count). The molecule has 10 heteroatoms. The Bertz CT molecular complexity index is 969. The van der Waals surface area contributed by atoms with Crippen molar-refractivity contribution in [1.29, 1.82) is 0 Å². The molecule has 0 spiro atoms. The van der Waals surface area contributed by atoms with Gasteiger partial charge in [0.15, 0.2) is 6.61 Å². The van der Waals surface area contributed by atoms with E-state index >= 15 is 0 Å². The van der Waals surface area contributed by atoms with Crippen LogP contribution in [0.4, 0.5) is 0 Å². The third kappa shape index (κ3) is 6.51. The van der Waals surface area contributed by atoms with Gasteiger partial charge in [0.2, 0.25) is 5.91 Å². The summed E-state index contributed by atoms with van der Waals surface area (Å²) in [6, 6.07) is 5.25. The average Bonchev–Trinajstić information content (AvgIpc) is 2.76. The lowest BCUT2D eigenvalue weighted by Crippen LogP contribution is -2.51. The highest BCUT2D eigenvalue weighted by Gasteiger charge is 2.20. The first-order valence-corrected chi connectivity index (χ1v) is 10.1. The molecule has 10 nitrogen and oxygen atoms in total. The summed E-state index contributed by atoms with van der Waals surface area (Å²) in [5.41, 5.74) is 0.669. The lowest BCUT2D eigenvalue weighted by molar-refractivity contribution is -0.131. The predicted molar refractivity (Wildman–Crippen MR) is 112 cm³/mol. The molecule has 1 aliphatic heterocycles. The molecule has 0 aliphatic carbocycles. The number of benzene rings is 1. The van der Waals surface area contributed by atoms with Crippen LogP contribution in [0.2, 0.25) is 0 Å². The van der Waals surface area contributed by atoms with Gasteiger partial charge in [0.05, 0.1) is 19.8 Å². The molecule has 2 amide bonds. The number of hydrogen-bond acceptors (Lipinski definition) is 8. The van der Waals surface area contributed by atoms with E-state index in [0.29, 0.717) is 37.6 Å². The van der Waals surface area contributed by atoms with Crippen LogP contribution in [0.5, 0.6) is 5.75 Å². The Kier molecular flexibility index (Phi) is 7.99. The Morgan fingerprint density at radius 2 is 2.03 bits per heavy atom. The standard InChI is InChI=1S/C21H27N3O7/c1-14-10-20(27)31-18-11-15(2-3-16(14)18)30-13-19(26)23-17(12-25)21(28)22-4-5-24-6-8-29-9-7-24/h2-3,10-11,17,25H,4-9,12-13H2,1H3,(H,22,28)(H,23,26). The van der Waals surface area contributed by atoms with Crippen LogP contribution < -0.4 is 21.0 Å². The summed E-state index contributed by atoms with van der Waals surface area (Å²) in [7, 11) is 0. The minimum Gasteiger partial charge on any atom is -0.484 e. The van der Waals surface area contributed by atoms with Crippen LogP contribution in [0.3, 0.4) is 0 Å². The smallest absolute Gasteiger partial charge is 0.336 e. The Hall–Kier alpha value is -2.95. The molecule has 1 aliphatic rings. The fourth-order valence-electron chi connectivity index (χ4n) is 3.26. The van der Waals surface area contributed by atoms with Crippen LogP contribution in [-0.4, -0.2) is 80.5 Å². The van der Waals surface area contributed by atoms with Crippen LogP contribution in [0, 0.1) is 6.92 Å². The molecule has 1 aromatic heterocycles. The summed E-state index contributed by atoms with van der Waals surface area (Å²) >= 11 is 0. The lowest BCUT2D eigenvalue weighted by Gasteiger charge is -2.26. The van der Waals surface area contributed by atoms with Crippen molar-refractivity contribution in [3.8, 4) is 5.75 Å². The molecule has 1 fully saturated rings. The number of fused-ring (bicyclic) bond motifs is 1. The average molecular weight is 433 g/mol. The fourth-order valence-corrected chi connectivity index (χ4v) is 3.26. The van der Waals surface area contributed by atoms with Gasteiger partial charge >= 0.3 is 5.63 Å². The van der Waals surface area contributed by atoms with Gasteiger partial charge in [0.1, 0.15) is 17.4 Å². The van der Waals surface area contributed by atoms with Crippen molar-refractivity contribution in [2.24, 2.45) is 0 Å². The lowest BCUT2D eigenvalue weighted by atomic mass is 10.1. The van der Waals surface area contributed by atoms with Gasteiger partial charge in [0.25, 0.3) is 5.91 Å². The molecule has 2 heterocycles. The van der Waals surface area contributed by atoms with Gasteiger partial charge in [-0.25, -0.2) is 4.79 Å². The summed E-state index contributed by atoms with van der Waals surface area (Å²) < 4.78 is 15.9. The molecular weight excluding hydrogens is 406 g/mol. The van der Waals surface area contributed by atoms with Crippen LogP contribution in [0.15, 0.2) is 33.5 Å². The van der Waals surface area contributed by atoms with Crippen LogP contribution in [-0.2, 0) is 14.3 Å². The molecule has 1 atom stereocenters. The van der Waals surface area contributed by atoms with Gasteiger partial charge < -0.3 is 29.6 Å². The zero-order valence-electron chi connectivity index (χ0n) is 17.4. The first-order valence-electron chi connectivity index (χ1n) is 10.1. The summed E-state index contributed by atoms with van der Waals surface area (Å²) in [6.07, 6.45) is 0. The third-order valence-electron chi connectivity index (χ3n) is 4.96. The Morgan fingerprint density at radius 1 is 1.26 bits per heavy atom. The monoisotopic (exact) mass is 433 g/mol. The number of amides is 2. The number of aliphatic hydroxyl groups excluding tert-OH is 1.